The van der Waals surface area contributed by atoms with E-state index >= 15 is 0 Å². The summed E-state index contributed by atoms with van der Waals surface area (Å²) in [6, 6.07) is 6.02. The fraction of sp³-hybridized carbons (Fsp3) is 0.600. The summed E-state index contributed by atoms with van der Waals surface area (Å²) in [5.74, 6) is 0.873. The van der Waals surface area contributed by atoms with Gasteiger partial charge in [-0.05, 0) is 37.8 Å². The molecular weight excluding hydrogens is 212 g/mol. The highest BCUT2D eigenvalue weighted by atomic mass is 16.6. The third-order valence-corrected chi connectivity index (χ3v) is 5.17. The lowest BCUT2D eigenvalue weighted by molar-refractivity contribution is 0.141. The van der Waals surface area contributed by atoms with E-state index in [1.165, 1.54) is 0 Å². The first-order valence-electron chi connectivity index (χ1n) is 6.36. The normalized spacial score (nSPS) is 43.5. The monoisotopic (exact) mass is 232 g/mol. The molecule has 1 aromatic carbocycles. The maximum absolute atomic E-state index is 10.2. The van der Waals surface area contributed by atoms with E-state index in [1.807, 2.05) is 13.0 Å². The Labute approximate surface area is 103 Å². The molecule has 2 nitrogen and oxygen atoms in total. The van der Waals surface area contributed by atoms with Gasteiger partial charge in [-0.25, -0.2) is 0 Å². The van der Waals surface area contributed by atoms with E-state index in [0.29, 0.717) is 17.8 Å². The number of aromatic hydroxyl groups is 1. The van der Waals surface area contributed by atoms with E-state index in [4.69, 9.17) is 4.74 Å². The summed E-state index contributed by atoms with van der Waals surface area (Å²) in [5.41, 5.74) is 2.25. The van der Waals surface area contributed by atoms with E-state index < -0.39 is 0 Å². The lowest BCUT2D eigenvalue weighted by atomic mass is 9.71. The van der Waals surface area contributed by atoms with Gasteiger partial charge in [0.15, 0.2) is 0 Å². The molecule has 1 saturated heterocycles. The zero-order chi connectivity index (χ0) is 12.4. The van der Waals surface area contributed by atoms with Crippen LogP contribution in [0.3, 0.4) is 0 Å². The van der Waals surface area contributed by atoms with Crippen molar-refractivity contribution in [2.24, 2.45) is 5.92 Å². The zero-order valence-corrected chi connectivity index (χ0v) is 10.9. The van der Waals surface area contributed by atoms with Crippen LogP contribution in [0.1, 0.15) is 38.3 Å². The Morgan fingerprint density at radius 3 is 2.59 bits per heavy atom. The molecule has 1 aromatic rings. The van der Waals surface area contributed by atoms with Crippen molar-refractivity contribution in [2.75, 3.05) is 0 Å². The van der Waals surface area contributed by atoms with E-state index in [9.17, 15) is 5.11 Å². The van der Waals surface area contributed by atoms with Gasteiger partial charge in [0, 0.05) is 11.0 Å². The van der Waals surface area contributed by atoms with Crippen LogP contribution in [0.4, 0.5) is 0 Å². The molecule has 2 heteroatoms. The Bertz CT molecular complexity index is 482. The van der Waals surface area contributed by atoms with Crippen molar-refractivity contribution in [3.8, 4) is 5.75 Å². The second kappa shape index (κ2) is 3.05. The van der Waals surface area contributed by atoms with Gasteiger partial charge in [-0.1, -0.05) is 26.0 Å². The molecule has 3 rings (SSSR count). The molecule has 0 radical (unpaired) electrons. The van der Waals surface area contributed by atoms with Gasteiger partial charge < -0.3 is 9.84 Å². The Balaban J connectivity index is 2.04. The molecule has 0 bridgehead atoms. The standard InChI is InChI=1S/C15H20O2/c1-9-5-6-11(12(16)7-9)14(3)8-13-15(4,17-13)10(14)2/h5-7,10,13,16H,8H2,1-4H3. The van der Waals surface area contributed by atoms with E-state index in [1.54, 1.807) is 0 Å². The lowest BCUT2D eigenvalue weighted by Crippen LogP contribution is -2.33. The summed E-state index contributed by atoms with van der Waals surface area (Å²) in [6.07, 6.45) is 1.39. The molecule has 1 saturated carbocycles. The summed E-state index contributed by atoms with van der Waals surface area (Å²) < 4.78 is 5.75. The number of aryl methyl sites for hydroxylation is 1. The molecule has 17 heavy (non-hydrogen) atoms. The third kappa shape index (κ3) is 1.30. The predicted octanol–water partition coefficient (Wildman–Crippen LogP) is 3.16. The van der Waals surface area contributed by atoms with Crippen molar-refractivity contribution in [3.05, 3.63) is 29.3 Å². The molecule has 0 amide bonds. The van der Waals surface area contributed by atoms with Crippen LogP contribution in [-0.4, -0.2) is 16.8 Å². The largest absolute Gasteiger partial charge is 0.508 e. The number of epoxide rings is 1. The number of rotatable bonds is 1. The summed E-state index contributed by atoms with van der Waals surface area (Å²) in [5, 5.41) is 10.2. The number of phenolic OH excluding ortho intramolecular Hbond substituents is 1. The first-order valence-corrected chi connectivity index (χ1v) is 6.36. The fourth-order valence-electron chi connectivity index (χ4n) is 3.56. The van der Waals surface area contributed by atoms with Crippen molar-refractivity contribution in [1.82, 2.24) is 0 Å². The van der Waals surface area contributed by atoms with Crippen LogP contribution in [0.25, 0.3) is 0 Å². The van der Waals surface area contributed by atoms with Gasteiger partial charge in [-0.3, -0.25) is 0 Å². The molecule has 2 fully saturated rings. The molecule has 4 atom stereocenters. The number of hydrogen-bond donors (Lipinski definition) is 1. The van der Waals surface area contributed by atoms with Crippen LogP contribution in [0, 0.1) is 12.8 Å². The number of hydrogen-bond acceptors (Lipinski definition) is 2. The summed E-state index contributed by atoms with van der Waals surface area (Å²) in [4.78, 5) is 0. The molecule has 0 spiro atoms. The zero-order valence-electron chi connectivity index (χ0n) is 10.9. The van der Waals surface area contributed by atoms with Gasteiger partial charge in [0.2, 0.25) is 0 Å². The number of fused-ring (bicyclic) bond motifs is 1. The van der Waals surface area contributed by atoms with Crippen LogP contribution in [0.15, 0.2) is 18.2 Å². The maximum atomic E-state index is 10.2. The van der Waals surface area contributed by atoms with Gasteiger partial charge in [0.05, 0.1) is 11.7 Å². The minimum Gasteiger partial charge on any atom is -0.508 e. The Morgan fingerprint density at radius 2 is 2.06 bits per heavy atom. The number of phenols is 1. The fourth-order valence-corrected chi connectivity index (χ4v) is 3.56. The third-order valence-electron chi connectivity index (χ3n) is 5.17. The van der Waals surface area contributed by atoms with Crippen LogP contribution < -0.4 is 0 Å². The second-order valence-electron chi connectivity index (χ2n) is 6.15. The van der Waals surface area contributed by atoms with Crippen LogP contribution in [0.2, 0.25) is 0 Å². The van der Waals surface area contributed by atoms with Gasteiger partial charge in [0.1, 0.15) is 5.75 Å². The summed E-state index contributed by atoms with van der Waals surface area (Å²) in [7, 11) is 0. The lowest BCUT2D eigenvalue weighted by Gasteiger charge is -2.34. The molecule has 0 aromatic heterocycles. The quantitative estimate of drug-likeness (QED) is 0.754. The van der Waals surface area contributed by atoms with Crippen molar-refractivity contribution < 1.29 is 9.84 Å². The van der Waals surface area contributed by atoms with Gasteiger partial charge >= 0.3 is 0 Å². The number of benzene rings is 1. The summed E-state index contributed by atoms with van der Waals surface area (Å²) in [6.45, 7) is 8.69. The van der Waals surface area contributed by atoms with Crippen LogP contribution in [-0.2, 0) is 10.2 Å². The van der Waals surface area contributed by atoms with Gasteiger partial charge in [-0.15, -0.1) is 0 Å². The van der Waals surface area contributed by atoms with Crippen molar-refractivity contribution >= 4 is 0 Å². The summed E-state index contributed by atoms with van der Waals surface area (Å²) >= 11 is 0. The topological polar surface area (TPSA) is 32.8 Å². The molecular formula is C15H20O2. The Morgan fingerprint density at radius 1 is 1.35 bits per heavy atom. The molecule has 2 aliphatic rings. The average Bonchev–Trinajstić information content (AvgIpc) is 2.83. The molecule has 1 heterocycles. The minimum atomic E-state index is 0.0338. The smallest absolute Gasteiger partial charge is 0.119 e. The van der Waals surface area contributed by atoms with Gasteiger partial charge in [0.25, 0.3) is 0 Å². The van der Waals surface area contributed by atoms with E-state index in [-0.39, 0.29) is 11.0 Å². The average molecular weight is 232 g/mol. The first-order chi connectivity index (χ1) is 7.88. The van der Waals surface area contributed by atoms with E-state index in [2.05, 4.69) is 32.9 Å². The van der Waals surface area contributed by atoms with Crippen molar-refractivity contribution in [2.45, 2.75) is 51.2 Å². The highest BCUT2D eigenvalue weighted by Crippen LogP contribution is 2.63. The molecule has 1 aliphatic heterocycles. The minimum absolute atomic E-state index is 0.0338. The molecule has 4 unspecified atom stereocenters. The molecule has 92 valence electrons. The van der Waals surface area contributed by atoms with Crippen LogP contribution >= 0.6 is 0 Å². The first kappa shape index (κ1) is 11.1. The number of ether oxygens (including phenoxy) is 1. The predicted molar refractivity (Wildman–Crippen MR) is 67.3 cm³/mol. The van der Waals surface area contributed by atoms with Crippen molar-refractivity contribution in [1.29, 1.82) is 0 Å². The SMILES string of the molecule is Cc1ccc(C2(C)CC3OC3(C)C2C)c(O)c1. The highest BCUT2D eigenvalue weighted by Gasteiger charge is 2.68. The Hall–Kier alpha value is -1.02. The molecule has 1 aliphatic carbocycles. The molecule has 1 N–H and O–H groups in total. The van der Waals surface area contributed by atoms with Crippen LogP contribution in [0.5, 0.6) is 5.75 Å². The second-order valence-corrected chi connectivity index (χ2v) is 6.15. The maximum Gasteiger partial charge on any atom is 0.119 e. The van der Waals surface area contributed by atoms with Gasteiger partial charge in [-0.2, -0.15) is 0 Å². The van der Waals surface area contributed by atoms with Crippen molar-refractivity contribution in [3.63, 3.8) is 0 Å². The Kier molecular flexibility index (Phi) is 1.99. The highest BCUT2D eigenvalue weighted by molar-refractivity contribution is 5.44. The van der Waals surface area contributed by atoms with E-state index in [0.717, 1.165) is 17.5 Å².